The molecule has 3 N–H and O–H groups in total. The third-order valence-electron chi connectivity index (χ3n) is 3.25. The molecule has 0 amide bonds. The van der Waals surface area contributed by atoms with E-state index < -0.39 is 9.54 Å². The Morgan fingerprint density at radius 3 is 1.49 bits per heavy atom. The van der Waals surface area contributed by atoms with Gasteiger partial charge in [-0.15, -0.1) is 0 Å². The van der Waals surface area contributed by atoms with Gasteiger partial charge >= 0.3 is 51.4 Å². The molecule has 0 aliphatic heterocycles. The van der Waals surface area contributed by atoms with E-state index in [0.29, 0.717) is 28.9 Å². The van der Waals surface area contributed by atoms with Gasteiger partial charge in [-0.3, -0.25) is 9.59 Å². The van der Waals surface area contributed by atoms with Crippen molar-refractivity contribution in [2.45, 2.75) is 17.1 Å². The molecule has 0 atom stereocenters. The van der Waals surface area contributed by atoms with Crippen molar-refractivity contribution >= 4 is 101 Å². The Hall–Kier alpha value is 0.0764. The van der Waals surface area contributed by atoms with Gasteiger partial charge in [0.05, 0.1) is 0 Å². The molecule has 0 heterocycles. The number of azide groups is 2. The van der Waals surface area contributed by atoms with Crippen LogP contribution in [0.4, 0.5) is 11.4 Å². The summed E-state index contributed by atoms with van der Waals surface area (Å²) >= 11 is 26.0. The molecule has 0 aromatic heterocycles. The van der Waals surface area contributed by atoms with Crippen LogP contribution in [0.5, 0.6) is 0 Å². The van der Waals surface area contributed by atoms with E-state index in [9.17, 15) is 9.59 Å². The quantitative estimate of drug-likeness (QED) is 0.0646. The van der Waals surface area contributed by atoms with Gasteiger partial charge < -0.3 is 11.2 Å². The van der Waals surface area contributed by atoms with Crippen molar-refractivity contribution in [3.63, 3.8) is 0 Å². The minimum absolute atomic E-state index is 0. The summed E-state index contributed by atoms with van der Waals surface area (Å²) in [5.41, 5.74) is 23.3. The van der Waals surface area contributed by atoms with Crippen molar-refractivity contribution in [3.8, 4) is 0 Å². The second-order valence-corrected chi connectivity index (χ2v) is 9.60. The van der Waals surface area contributed by atoms with Crippen molar-refractivity contribution in [1.82, 2.24) is 0 Å². The smallest absolute Gasteiger partial charge is 0.870 e. The van der Waals surface area contributed by atoms with E-state index in [1.54, 1.807) is 24.3 Å². The van der Waals surface area contributed by atoms with Crippen molar-refractivity contribution in [2.75, 3.05) is 17.2 Å². The molecular weight excluding hydrogens is 727 g/mol. The second-order valence-electron chi connectivity index (χ2n) is 5.69. The van der Waals surface area contributed by atoms with Crippen LogP contribution in [0.15, 0.2) is 58.8 Å². The first-order valence-corrected chi connectivity index (χ1v) is 13.4. The average Bonchev–Trinajstić information content (AvgIpc) is 2.84. The Labute approximate surface area is 294 Å². The minimum atomic E-state index is -0.750. The van der Waals surface area contributed by atoms with Crippen LogP contribution in [0.2, 0.25) is 0 Å². The number of alkyl halides is 5. The van der Waals surface area contributed by atoms with E-state index in [1.165, 1.54) is 24.3 Å². The number of halogens is 6. The number of carbonyl (C=O) groups excluding carboxylic acids is 2. The normalized spacial score (nSPS) is 8.43. The summed E-state index contributed by atoms with van der Waals surface area (Å²) < 4.78 is -0.750. The van der Waals surface area contributed by atoms with Crippen molar-refractivity contribution in [1.29, 1.82) is 0 Å². The molecule has 2 aromatic carbocycles. The summed E-state index contributed by atoms with van der Waals surface area (Å²) in [6.45, 7) is 0.736. The first kappa shape index (κ1) is 44.1. The Morgan fingerprint density at radius 2 is 1.22 bits per heavy atom. The fourth-order valence-corrected chi connectivity index (χ4v) is 2.25. The number of hydrogen-bond acceptors (Lipinski definition) is 6. The number of nitrogens with zero attached hydrogens (tertiary/aromatic N) is 6. The molecule has 37 heavy (non-hydrogen) atoms. The predicted molar refractivity (Wildman–Crippen MR) is 154 cm³/mol. The summed E-state index contributed by atoms with van der Waals surface area (Å²) in [7, 11) is 0. The Balaban J connectivity index is -0.000000222. The van der Waals surface area contributed by atoms with Crippen molar-refractivity contribution in [3.05, 3.63) is 80.5 Å². The van der Waals surface area contributed by atoms with Crippen LogP contribution in [-0.2, 0) is 0 Å². The number of hydrogen-bond donors (Lipinski definition) is 1. The van der Waals surface area contributed by atoms with Crippen LogP contribution in [0.3, 0.4) is 0 Å². The van der Waals surface area contributed by atoms with Crippen LogP contribution in [0.1, 0.15) is 33.6 Å². The molecule has 2 rings (SSSR count). The van der Waals surface area contributed by atoms with Gasteiger partial charge in [0.2, 0.25) is 0 Å². The fourth-order valence-electron chi connectivity index (χ4n) is 1.85. The zero-order chi connectivity index (χ0) is 27.1. The molecule has 2 aromatic rings. The minimum Gasteiger partial charge on any atom is -0.870 e. The van der Waals surface area contributed by atoms with Gasteiger partial charge in [-0.05, 0) is 41.2 Å². The van der Waals surface area contributed by atoms with E-state index >= 15 is 0 Å². The SMILES string of the molecule is ClC(Cl)Cl.NCCBr.[K+].[N-]=[N+]=Nc1ccc(C(=O)CCCBr)cc1.[N-]=[N+]=Nc1ccc(C(=O)Cl)cc1.[OH-]. The number of ketones is 1. The Morgan fingerprint density at radius 1 is 0.865 bits per heavy atom. The first-order chi connectivity index (χ1) is 16.7. The molecule has 0 radical (unpaired) electrons. The molecule has 0 bridgehead atoms. The third kappa shape index (κ3) is 27.4. The molecule has 198 valence electrons. The summed E-state index contributed by atoms with van der Waals surface area (Å²) in [5, 5.41) is 7.98. The Kier molecular flexibility index (Phi) is 36.5. The van der Waals surface area contributed by atoms with Gasteiger partial charge in [0.15, 0.2) is 10.1 Å². The van der Waals surface area contributed by atoms with Crippen LogP contribution < -0.4 is 57.1 Å². The fraction of sp³-hybridized carbons (Fsp3) is 0.300. The maximum atomic E-state index is 11.5. The van der Waals surface area contributed by atoms with Crippen LogP contribution in [-0.4, -0.2) is 38.0 Å². The number of carbonyl (C=O) groups is 2. The zero-order valence-electron chi connectivity index (χ0n) is 19.5. The van der Waals surface area contributed by atoms with E-state index in [1.807, 2.05) is 0 Å². The van der Waals surface area contributed by atoms with E-state index in [4.69, 9.17) is 63.2 Å². The maximum absolute atomic E-state index is 11.5. The molecule has 0 spiro atoms. The molecule has 10 nitrogen and oxygen atoms in total. The molecule has 0 aliphatic carbocycles. The van der Waals surface area contributed by atoms with Crippen LogP contribution in [0, 0.1) is 0 Å². The van der Waals surface area contributed by atoms with Crippen LogP contribution in [0.25, 0.3) is 20.9 Å². The molecule has 0 aliphatic rings. The summed E-state index contributed by atoms with van der Waals surface area (Å²) in [4.78, 5) is 27.4. The average molecular weight is 749 g/mol. The summed E-state index contributed by atoms with van der Waals surface area (Å²) in [6, 6.07) is 12.7. The third-order valence-corrected chi connectivity index (χ3v) is 4.49. The van der Waals surface area contributed by atoms with Gasteiger partial charge in [-0.1, -0.05) is 113 Å². The van der Waals surface area contributed by atoms with Crippen molar-refractivity contribution < 1.29 is 66.4 Å². The molecule has 0 fully saturated rings. The van der Waals surface area contributed by atoms with Crippen molar-refractivity contribution in [2.24, 2.45) is 16.0 Å². The molecule has 0 unspecified atom stereocenters. The zero-order valence-corrected chi connectivity index (χ0v) is 28.8. The molecule has 0 saturated heterocycles. The van der Waals surface area contributed by atoms with E-state index in [-0.39, 0.29) is 62.6 Å². The largest absolute Gasteiger partial charge is 1.00 e. The topological polar surface area (TPSA) is 188 Å². The monoisotopic (exact) mass is 745 g/mol. The van der Waals surface area contributed by atoms with Gasteiger partial charge in [-0.25, -0.2) is 0 Å². The second kappa shape index (κ2) is 30.6. The number of benzene rings is 2. The van der Waals surface area contributed by atoms with Crippen LogP contribution >= 0.6 is 78.3 Å². The number of Topliss-reactive ketones (excluding diaryl/α,β-unsaturated/α-hetero) is 1. The standard InChI is InChI=1S/C10H10BrN3O.C7H4ClN3O.C2H6BrN.CHCl3.K.H2O/c11-7-1-2-10(15)8-3-5-9(6-4-8)13-14-12;8-7(12)5-1-3-6(4-2-5)10-11-9;3-1-2-4;2-1(3)4;;/h3-6H,1-2,7H2;1-4H;1-2,4H2;1H;;1H2/q;;;;+1;/p-1. The number of nitrogens with two attached hydrogens (primary N) is 1. The Bertz CT molecular complexity index is 953. The summed E-state index contributed by atoms with van der Waals surface area (Å²) in [5.74, 6) is 0.113. The van der Waals surface area contributed by atoms with E-state index in [2.05, 4.69) is 51.9 Å². The van der Waals surface area contributed by atoms with Gasteiger partial charge in [-0.2, -0.15) is 0 Å². The van der Waals surface area contributed by atoms with E-state index in [0.717, 1.165) is 23.6 Å². The summed E-state index contributed by atoms with van der Waals surface area (Å²) in [6.07, 6.45) is 1.36. The predicted octanol–water partition coefficient (Wildman–Crippen LogP) is 6.15. The molecular formula is C20H22Br2Cl4KN7O3. The maximum Gasteiger partial charge on any atom is 1.00 e. The first-order valence-electron chi connectivity index (χ1n) is 9.44. The van der Waals surface area contributed by atoms with Gasteiger partial charge in [0, 0.05) is 56.0 Å². The number of rotatable bonds is 8. The molecule has 0 saturated carbocycles. The van der Waals surface area contributed by atoms with Gasteiger partial charge in [0.1, 0.15) is 0 Å². The molecule has 17 heteroatoms. The van der Waals surface area contributed by atoms with Gasteiger partial charge in [0.25, 0.3) is 5.24 Å².